The first-order valence-corrected chi connectivity index (χ1v) is 7.96. The number of hydrogen-bond acceptors (Lipinski definition) is 4. The lowest BCUT2D eigenvalue weighted by molar-refractivity contribution is -0.135. The van der Waals surface area contributed by atoms with Gasteiger partial charge in [0.15, 0.2) is 0 Å². The van der Waals surface area contributed by atoms with Crippen molar-refractivity contribution < 1.29 is 19.1 Å². The highest BCUT2D eigenvalue weighted by molar-refractivity contribution is 5.94. The number of hydrogen-bond donors (Lipinski definition) is 1. The van der Waals surface area contributed by atoms with Crippen LogP contribution in [0.2, 0.25) is 0 Å². The quantitative estimate of drug-likeness (QED) is 0.652. The molecule has 128 valence electrons. The van der Waals surface area contributed by atoms with E-state index in [9.17, 15) is 14.4 Å². The summed E-state index contributed by atoms with van der Waals surface area (Å²) in [6, 6.07) is 9.75. The number of methoxy groups -OCH3 is 1. The Kier molecular flexibility index (Phi) is 6.54. The van der Waals surface area contributed by atoms with E-state index < -0.39 is 5.97 Å². The Bertz CT molecular complexity index is 605. The van der Waals surface area contributed by atoms with Gasteiger partial charge in [-0.2, -0.15) is 0 Å². The van der Waals surface area contributed by atoms with Crippen molar-refractivity contribution in [2.45, 2.75) is 19.4 Å². The Morgan fingerprint density at radius 2 is 1.83 bits per heavy atom. The fraction of sp³-hybridized carbons (Fsp3) is 0.389. The van der Waals surface area contributed by atoms with E-state index in [-0.39, 0.29) is 17.7 Å². The molecule has 1 aromatic rings. The van der Waals surface area contributed by atoms with E-state index in [4.69, 9.17) is 0 Å². The zero-order valence-electron chi connectivity index (χ0n) is 13.7. The normalized spacial score (nSPS) is 15.3. The van der Waals surface area contributed by atoms with Crippen molar-refractivity contribution in [1.29, 1.82) is 0 Å². The van der Waals surface area contributed by atoms with Gasteiger partial charge in [0, 0.05) is 37.7 Å². The topological polar surface area (TPSA) is 75.7 Å². The van der Waals surface area contributed by atoms with E-state index in [1.165, 1.54) is 13.2 Å². The summed E-state index contributed by atoms with van der Waals surface area (Å²) in [5.41, 5.74) is 1.06. The highest BCUT2D eigenvalue weighted by Gasteiger charge is 2.26. The lowest BCUT2D eigenvalue weighted by Crippen LogP contribution is -2.42. The van der Waals surface area contributed by atoms with Crippen molar-refractivity contribution in [2.24, 2.45) is 5.92 Å². The molecule has 2 amide bonds. The van der Waals surface area contributed by atoms with Crippen molar-refractivity contribution in [3.8, 4) is 0 Å². The summed E-state index contributed by atoms with van der Waals surface area (Å²) in [5, 5.41) is 2.94. The minimum absolute atomic E-state index is 0.0241. The van der Waals surface area contributed by atoms with Gasteiger partial charge in [-0.25, -0.2) is 4.79 Å². The summed E-state index contributed by atoms with van der Waals surface area (Å²) in [6.45, 7) is 1.53. The first-order valence-electron chi connectivity index (χ1n) is 7.96. The summed E-state index contributed by atoms with van der Waals surface area (Å²) in [7, 11) is 1.26. The van der Waals surface area contributed by atoms with E-state index in [0.29, 0.717) is 32.5 Å². The molecular formula is C18H22N2O4. The van der Waals surface area contributed by atoms with Gasteiger partial charge in [-0.3, -0.25) is 9.59 Å². The van der Waals surface area contributed by atoms with Crippen LogP contribution in [0, 0.1) is 5.92 Å². The fourth-order valence-electron chi connectivity index (χ4n) is 2.60. The molecule has 1 heterocycles. The molecule has 0 aliphatic carbocycles. The molecule has 6 nitrogen and oxygen atoms in total. The molecule has 1 aromatic carbocycles. The number of ether oxygens (including phenoxy) is 1. The average molecular weight is 330 g/mol. The van der Waals surface area contributed by atoms with Gasteiger partial charge >= 0.3 is 5.97 Å². The van der Waals surface area contributed by atoms with Crippen LogP contribution in [-0.2, 0) is 25.7 Å². The molecule has 0 radical (unpaired) electrons. The zero-order valence-corrected chi connectivity index (χ0v) is 13.7. The maximum Gasteiger partial charge on any atom is 0.330 e. The number of carbonyl (C=O) groups is 3. The zero-order chi connectivity index (χ0) is 17.4. The van der Waals surface area contributed by atoms with Crippen LogP contribution in [0.1, 0.15) is 18.4 Å². The summed E-state index contributed by atoms with van der Waals surface area (Å²) in [6.07, 6.45) is 3.57. The number of amides is 2. The van der Waals surface area contributed by atoms with Crippen LogP contribution in [0.15, 0.2) is 42.5 Å². The van der Waals surface area contributed by atoms with Crippen molar-refractivity contribution in [2.75, 3.05) is 20.2 Å². The summed E-state index contributed by atoms with van der Waals surface area (Å²) >= 11 is 0. The molecule has 0 bridgehead atoms. The number of likely N-dealkylation sites (tertiary alicyclic amines) is 1. The van der Waals surface area contributed by atoms with Crippen molar-refractivity contribution in [1.82, 2.24) is 10.2 Å². The highest BCUT2D eigenvalue weighted by Crippen LogP contribution is 2.18. The second-order valence-electron chi connectivity index (χ2n) is 5.66. The van der Waals surface area contributed by atoms with Gasteiger partial charge in [0.25, 0.3) is 0 Å². The highest BCUT2D eigenvalue weighted by atomic mass is 16.5. The summed E-state index contributed by atoms with van der Waals surface area (Å²) < 4.78 is 4.45. The van der Waals surface area contributed by atoms with Gasteiger partial charge in [-0.05, 0) is 18.4 Å². The number of nitrogens with one attached hydrogen (secondary N) is 1. The van der Waals surface area contributed by atoms with E-state index in [2.05, 4.69) is 10.1 Å². The SMILES string of the molecule is COC(=O)/C=C/C(=O)N1CCC(C(=O)NCc2ccccc2)CC1. The Labute approximate surface area is 141 Å². The Morgan fingerprint density at radius 3 is 2.46 bits per heavy atom. The molecule has 1 aliphatic rings. The lowest BCUT2D eigenvalue weighted by atomic mass is 9.95. The van der Waals surface area contributed by atoms with Crippen molar-refractivity contribution in [3.05, 3.63) is 48.0 Å². The molecule has 0 spiro atoms. The number of esters is 1. The number of benzene rings is 1. The molecular weight excluding hydrogens is 308 g/mol. The van der Waals surface area contributed by atoms with E-state index in [1.54, 1.807) is 4.90 Å². The fourth-order valence-corrected chi connectivity index (χ4v) is 2.60. The predicted octanol–water partition coefficient (Wildman–Crippen LogP) is 1.27. The number of nitrogens with zero attached hydrogens (tertiary/aromatic N) is 1. The van der Waals surface area contributed by atoms with Gasteiger partial charge < -0.3 is 15.0 Å². The first-order chi connectivity index (χ1) is 11.6. The minimum atomic E-state index is -0.557. The van der Waals surface area contributed by atoms with Gasteiger partial charge in [0.05, 0.1) is 7.11 Å². The van der Waals surface area contributed by atoms with Crippen LogP contribution in [0.25, 0.3) is 0 Å². The molecule has 0 saturated carbocycles. The third-order valence-electron chi connectivity index (χ3n) is 4.05. The second kappa shape index (κ2) is 8.86. The largest absolute Gasteiger partial charge is 0.466 e. The van der Waals surface area contributed by atoms with Crippen LogP contribution in [0.5, 0.6) is 0 Å². The maximum absolute atomic E-state index is 12.2. The molecule has 2 rings (SSSR count). The molecule has 1 fully saturated rings. The molecule has 6 heteroatoms. The van der Waals surface area contributed by atoms with Gasteiger partial charge in [-0.15, -0.1) is 0 Å². The third kappa shape index (κ3) is 5.22. The second-order valence-corrected chi connectivity index (χ2v) is 5.66. The van der Waals surface area contributed by atoms with Crippen LogP contribution in [0.3, 0.4) is 0 Å². The van der Waals surface area contributed by atoms with Crippen LogP contribution < -0.4 is 5.32 Å². The summed E-state index contributed by atoms with van der Waals surface area (Å²) in [4.78, 5) is 36.8. The molecule has 0 aromatic heterocycles. The Morgan fingerprint density at radius 1 is 1.17 bits per heavy atom. The third-order valence-corrected chi connectivity index (χ3v) is 4.05. The minimum Gasteiger partial charge on any atom is -0.466 e. The smallest absolute Gasteiger partial charge is 0.330 e. The molecule has 1 saturated heterocycles. The molecule has 0 unspecified atom stereocenters. The molecule has 0 atom stereocenters. The van der Waals surface area contributed by atoms with E-state index in [1.807, 2.05) is 30.3 Å². The van der Waals surface area contributed by atoms with Gasteiger partial charge in [-0.1, -0.05) is 30.3 Å². The lowest BCUT2D eigenvalue weighted by Gasteiger charge is -2.30. The first kappa shape index (κ1) is 17.7. The van der Waals surface area contributed by atoms with Gasteiger partial charge in [0.1, 0.15) is 0 Å². The maximum atomic E-state index is 12.2. The Hall–Kier alpha value is -2.63. The number of rotatable bonds is 5. The van der Waals surface area contributed by atoms with Crippen molar-refractivity contribution in [3.63, 3.8) is 0 Å². The molecule has 1 aliphatic heterocycles. The molecule has 24 heavy (non-hydrogen) atoms. The van der Waals surface area contributed by atoms with Crippen LogP contribution >= 0.6 is 0 Å². The average Bonchev–Trinajstić information content (AvgIpc) is 2.64. The van der Waals surface area contributed by atoms with E-state index >= 15 is 0 Å². The standard InChI is InChI=1S/C18H22N2O4/c1-24-17(22)8-7-16(21)20-11-9-15(10-12-20)18(23)19-13-14-5-3-2-4-6-14/h2-8,15H,9-13H2,1H3,(H,19,23)/b8-7+. The number of carbonyl (C=O) groups excluding carboxylic acids is 3. The Balaban J connectivity index is 1.75. The summed E-state index contributed by atoms with van der Waals surface area (Å²) in [5.74, 6) is -0.847. The van der Waals surface area contributed by atoms with Crippen LogP contribution in [-0.4, -0.2) is 42.9 Å². The van der Waals surface area contributed by atoms with Crippen molar-refractivity contribution >= 4 is 17.8 Å². The molecule has 1 N–H and O–H groups in total. The van der Waals surface area contributed by atoms with E-state index in [0.717, 1.165) is 11.6 Å². The van der Waals surface area contributed by atoms with Crippen LogP contribution in [0.4, 0.5) is 0 Å². The number of piperidine rings is 1. The predicted molar refractivity (Wildman–Crippen MR) is 88.7 cm³/mol. The van der Waals surface area contributed by atoms with Gasteiger partial charge in [0.2, 0.25) is 11.8 Å². The monoisotopic (exact) mass is 330 g/mol.